The average molecular weight is 576 g/mol. The summed E-state index contributed by atoms with van der Waals surface area (Å²) in [7, 11) is 1.92. The number of amidine groups is 1. The van der Waals surface area contributed by atoms with Gasteiger partial charge in [-0.05, 0) is 77.7 Å². The third-order valence-corrected chi connectivity index (χ3v) is 7.77. The number of aliphatic hydroxyl groups excluding tert-OH is 1. The fraction of sp³-hybridized carbons (Fsp3) is 0.188. The number of amides is 1. The molecule has 0 bridgehead atoms. The molecule has 1 amide bonds. The van der Waals surface area contributed by atoms with Crippen LogP contribution in [0.1, 0.15) is 40.0 Å². The molecule has 4 aromatic carbocycles. The average Bonchev–Trinajstić information content (AvgIpc) is 3.24. The van der Waals surface area contributed by atoms with Crippen molar-refractivity contribution in [2.75, 3.05) is 7.05 Å². The van der Waals surface area contributed by atoms with E-state index in [1.54, 1.807) is 54.6 Å². The summed E-state index contributed by atoms with van der Waals surface area (Å²) in [6.45, 7) is 2.49. The predicted molar refractivity (Wildman–Crippen MR) is 159 cm³/mol. The Balaban J connectivity index is 1.31. The van der Waals surface area contributed by atoms with Crippen molar-refractivity contribution in [3.63, 3.8) is 0 Å². The third-order valence-electron chi connectivity index (χ3n) is 7.14. The van der Waals surface area contributed by atoms with E-state index in [1.807, 2.05) is 37.1 Å². The van der Waals surface area contributed by atoms with E-state index in [4.69, 9.17) is 28.2 Å². The van der Waals surface area contributed by atoms with Crippen LogP contribution < -0.4 is 5.32 Å². The van der Waals surface area contributed by atoms with E-state index in [9.17, 15) is 14.3 Å². The Labute approximate surface area is 242 Å². The topological polar surface area (TPSA) is 64.9 Å². The number of nitrogens with one attached hydrogen (secondary N) is 1. The summed E-state index contributed by atoms with van der Waals surface area (Å²) in [5.41, 5.74) is 5.48. The molecule has 0 spiro atoms. The second-order valence-corrected chi connectivity index (χ2v) is 10.7. The molecule has 2 N–H and O–H groups in total. The van der Waals surface area contributed by atoms with Crippen molar-refractivity contribution in [2.45, 2.75) is 32.0 Å². The molecule has 0 aliphatic heterocycles. The smallest absolute Gasteiger partial charge is 0.251 e. The van der Waals surface area contributed by atoms with Gasteiger partial charge in [0.2, 0.25) is 0 Å². The van der Waals surface area contributed by atoms with Crippen LogP contribution in [0.3, 0.4) is 0 Å². The molecule has 0 saturated heterocycles. The van der Waals surface area contributed by atoms with E-state index >= 15 is 0 Å². The molecule has 0 aromatic heterocycles. The van der Waals surface area contributed by atoms with Gasteiger partial charge in [0, 0.05) is 41.2 Å². The van der Waals surface area contributed by atoms with E-state index in [0.29, 0.717) is 34.1 Å². The number of fused-ring (bicyclic) bond motifs is 1. The number of aliphatic hydroxyl groups is 1. The van der Waals surface area contributed by atoms with E-state index in [1.165, 1.54) is 12.1 Å². The number of carbonyl (C=O) groups is 1. The van der Waals surface area contributed by atoms with Crippen LogP contribution in [0.5, 0.6) is 0 Å². The van der Waals surface area contributed by atoms with Gasteiger partial charge in [0.1, 0.15) is 11.7 Å². The first-order valence-electron chi connectivity index (χ1n) is 12.9. The molecule has 5 nitrogen and oxygen atoms in total. The van der Waals surface area contributed by atoms with Crippen molar-refractivity contribution in [1.29, 1.82) is 0 Å². The van der Waals surface area contributed by atoms with Gasteiger partial charge in [-0.25, -0.2) is 9.38 Å². The fourth-order valence-electron chi connectivity index (χ4n) is 4.89. The minimum absolute atomic E-state index is 0.266. The maximum atomic E-state index is 13.2. The van der Waals surface area contributed by atoms with Crippen molar-refractivity contribution in [1.82, 2.24) is 10.2 Å². The molecular weight excluding hydrogens is 548 g/mol. The van der Waals surface area contributed by atoms with Crippen LogP contribution in [0.4, 0.5) is 10.1 Å². The van der Waals surface area contributed by atoms with Gasteiger partial charge in [0.05, 0.1) is 17.8 Å². The first kappa shape index (κ1) is 27.8. The highest BCUT2D eigenvalue weighted by atomic mass is 35.5. The van der Waals surface area contributed by atoms with Crippen LogP contribution in [0.2, 0.25) is 10.0 Å². The van der Waals surface area contributed by atoms with Crippen molar-refractivity contribution in [3.8, 4) is 11.1 Å². The molecule has 0 saturated carbocycles. The highest BCUT2D eigenvalue weighted by Gasteiger charge is 2.32. The SMILES string of the molecule is C/C(=N\c1ccc2c(c1)[C@@H](NC(=O)c1ccc(-c3c(Cl)cccc3Cl)cc1)[C@H](O)C2)N(C)Cc1ccc(F)cc1. The number of hydrogen-bond acceptors (Lipinski definition) is 3. The van der Waals surface area contributed by atoms with Gasteiger partial charge < -0.3 is 15.3 Å². The van der Waals surface area contributed by atoms with Crippen LogP contribution in [-0.2, 0) is 13.0 Å². The lowest BCUT2D eigenvalue weighted by Crippen LogP contribution is -2.33. The zero-order chi connectivity index (χ0) is 28.4. The summed E-state index contributed by atoms with van der Waals surface area (Å²) in [4.78, 5) is 19.9. The maximum Gasteiger partial charge on any atom is 0.251 e. The van der Waals surface area contributed by atoms with E-state index < -0.39 is 12.1 Å². The Morgan fingerprint density at radius 2 is 1.70 bits per heavy atom. The van der Waals surface area contributed by atoms with Crippen LogP contribution in [0.15, 0.2) is 89.9 Å². The molecule has 4 aromatic rings. The number of benzene rings is 4. The molecule has 204 valence electrons. The number of carbonyl (C=O) groups excluding carboxylic acids is 1. The lowest BCUT2D eigenvalue weighted by Gasteiger charge is -2.20. The second-order valence-electron chi connectivity index (χ2n) is 9.92. The summed E-state index contributed by atoms with van der Waals surface area (Å²) in [6.07, 6.45) is -0.306. The lowest BCUT2D eigenvalue weighted by atomic mass is 10.0. The summed E-state index contributed by atoms with van der Waals surface area (Å²) >= 11 is 12.7. The first-order chi connectivity index (χ1) is 19.2. The molecule has 1 aliphatic rings. The molecular formula is C32H28Cl2FN3O2. The van der Waals surface area contributed by atoms with Gasteiger partial charge >= 0.3 is 0 Å². The number of nitrogens with zero attached hydrogens (tertiary/aromatic N) is 2. The van der Waals surface area contributed by atoms with Crippen LogP contribution >= 0.6 is 23.2 Å². The number of rotatable bonds is 6. The highest BCUT2D eigenvalue weighted by molar-refractivity contribution is 6.39. The molecule has 40 heavy (non-hydrogen) atoms. The zero-order valence-corrected chi connectivity index (χ0v) is 23.5. The van der Waals surface area contributed by atoms with Crippen molar-refractivity contribution in [2.24, 2.45) is 4.99 Å². The van der Waals surface area contributed by atoms with Gasteiger partial charge in [0.25, 0.3) is 5.91 Å². The fourth-order valence-corrected chi connectivity index (χ4v) is 5.50. The Kier molecular flexibility index (Phi) is 8.22. The molecule has 2 atom stereocenters. The summed E-state index contributed by atoms with van der Waals surface area (Å²) in [6, 6.07) is 24.0. The van der Waals surface area contributed by atoms with Gasteiger partial charge in [-0.1, -0.05) is 59.6 Å². The van der Waals surface area contributed by atoms with Gasteiger partial charge in [0.15, 0.2) is 0 Å². The van der Waals surface area contributed by atoms with Crippen LogP contribution in [0.25, 0.3) is 11.1 Å². The lowest BCUT2D eigenvalue weighted by molar-refractivity contribution is 0.0858. The van der Waals surface area contributed by atoms with Crippen molar-refractivity contribution < 1.29 is 14.3 Å². The largest absolute Gasteiger partial charge is 0.390 e. The zero-order valence-electron chi connectivity index (χ0n) is 22.0. The monoisotopic (exact) mass is 575 g/mol. The Hall–Kier alpha value is -3.71. The Bertz CT molecular complexity index is 1550. The molecule has 0 unspecified atom stereocenters. The molecule has 0 radical (unpaired) electrons. The standard InChI is InChI=1S/C32H28Cl2FN3O2/c1-19(38(2)18-20-6-13-24(35)14-7-20)36-25-15-12-23-16-29(39)31(26(23)17-25)37-32(40)22-10-8-21(9-11-22)30-27(33)4-3-5-28(30)34/h3-15,17,29,31,39H,16,18H2,1-2H3,(H,37,40)/b36-19+/t29-,31-/m1/s1. The van der Waals surface area contributed by atoms with E-state index in [2.05, 4.69) is 5.32 Å². The Morgan fingerprint density at radius 1 is 1.02 bits per heavy atom. The van der Waals surface area contributed by atoms with Crippen molar-refractivity contribution >= 4 is 40.6 Å². The normalized spacial score (nSPS) is 16.5. The second kappa shape index (κ2) is 11.8. The predicted octanol–water partition coefficient (Wildman–Crippen LogP) is 7.37. The number of hydrogen-bond donors (Lipinski definition) is 2. The van der Waals surface area contributed by atoms with Gasteiger partial charge in [-0.3, -0.25) is 4.79 Å². The van der Waals surface area contributed by atoms with E-state index in [-0.39, 0.29) is 11.7 Å². The summed E-state index contributed by atoms with van der Waals surface area (Å²) in [5, 5.41) is 14.8. The number of aliphatic imine (C=N–C) groups is 1. The molecule has 0 heterocycles. The van der Waals surface area contributed by atoms with Gasteiger partial charge in [-0.15, -0.1) is 0 Å². The van der Waals surface area contributed by atoms with Crippen molar-refractivity contribution in [3.05, 3.63) is 123 Å². The van der Waals surface area contributed by atoms with Gasteiger partial charge in [-0.2, -0.15) is 0 Å². The van der Waals surface area contributed by atoms with Crippen LogP contribution in [-0.4, -0.2) is 34.9 Å². The minimum atomic E-state index is -0.748. The first-order valence-corrected chi connectivity index (χ1v) is 13.6. The summed E-state index contributed by atoms with van der Waals surface area (Å²) in [5.74, 6) is 0.220. The molecule has 0 fully saturated rings. The minimum Gasteiger partial charge on any atom is -0.390 e. The molecule has 5 rings (SSSR count). The third kappa shape index (κ3) is 6.04. The highest BCUT2D eigenvalue weighted by Crippen LogP contribution is 2.36. The quantitative estimate of drug-likeness (QED) is 0.186. The summed E-state index contributed by atoms with van der Waals surface area (Å²) < 4.78 is 13.2. The van der Waals surface area contributed by atoms with E-state index in [0.717, 1.165) is 33.8 Å². The molecule has 8 heteroatoms. The number of halogens is 3. The molecule has 1 aliphatic carbocycles. The maximum absolute atomic E-state index is 13.2. The Morgan fingerprint density at radius 3 is 2.38 bits per heavy atom. The van der Waals surface area contributed by atoms with Crippen LogP contribution in [0, 0.1) is 5.82 Å².